The van der Waals surface area contributed by atoms with Crippen molar-refractivity contribution in [3.63, 3.8) is 0 Å². The fraction of sp³-hybridized carbons (Fsp3) is 0.182. The van der Waals surface area contributed by atoms with Crippen molar-refractivity contribution in [1.82, 2.24) is 19.6 Å². The summed E-state index contributed by atoms with van der Waals surface area (Å²) in [6.45, 7) is 6.15. The van der Waals surface area contributed by atoms with E-state index in [2.05, 4.69) is 39.2 Å². The Morgan fingerprint density at radius 2 is 1.72 bits per heavy atom. The summed E-state index contributed by atoms with van der Waals surface area (Å²) >= 11 is 0. The molecule has 0 bridgehead atoms. The smallest absolute Gasteiger partial charge is 0.255 e. The van der Waals surface area contributed by atoms with Crippen LogP contribution in [-0.4, -0.2) is 38.6 Å². The maximum Gasteiger partial charge on any atom is 0.255 e. The van der Waals surface area contributed by atoms with Gasteiger partial charge < -0.3 is 10.2 Å². The van der Waals surface area contributed by atoms with Gasteiger partial charge in [-0.25, -0.2) is 4.98 Å². The molecule has 0 radical (unpaired) electrons. The number of benzene rings is 2. The van der Waals surface area contributed by atoms with Crippen LogP contribution in [0.15, 0.2) is 67.0 Å². The van der Waals surface area contributed by atoms with E-state index >= 15 is 0 Å². The van der Waals surface area contributed by atoms with Gasteiger partial charge in [0.05, 0.1) is 0 Å². The molecule has 0 aliphatic carbocycles. The minimum absolute atomic E-state index is 0.153. The molecule has 2 aromatic heterocycles. The molecule has 0 unspecified atom stereocenters. The summed E-state index contributed by atoms with van der Waals surface area (Å²) < 4.78 is 1.81. The Balaban J connectivity index is 1.48. The predicted molar refractivity (Wildman–Crippen MR) is 114 cm³/mol. The van der Waals surface area contributed by atoms with E-state index in [1.165, 1.54) is 0 Å². The molecule has 1 N–H and O–H groups in total. The third kappa shape index (κ3) is 3.80. The Bertz CT molecular complexity index is 1110. The third-order valence-electron chi connectivity index (χ3n) is 4.85. The monoisotopic (exact) mass is 386 g/mol. The van der Waals surface area contributed by atoms with Gasteiger partial charge in [0, 0.05) is 48.0 Å². The molecule has 0 saturated heterocycles. The fourth-order valence-corrected chi connectivity index (χ4v) is 3.26. The quantitative estimate of drug-likeness (QED) is 0.544. The summed E-state index contributed by atoms with van der Waals surface area (Å²) in [5.74, 6) is 1.07. The molecule has 2 aromatic carbocycles. The van der Waals surface area contributed by atoms with Crippen LogP contribution < -0.4 is 10.2 Å². The second-order valence-electron chi connectivity index (χ2n) is 6.56. The van der Waals surface area contributed by atoms with Gasteiger partial charge in [0.15, 0.2) is 5.82 Å². The van der Waals surface area contributed by atoms with Gasteiger partial charge in [-0.15, -0.1) is 10.2 Å². The van der Waals surface area contributed by atoms with Crippen LogP contribution >= 0.6 is 0 Å². The number of rotatable bonds is 6. The lowest BCUT2D eigenvalue weighted by atomic mass is 10.1. The molecule has 7 heteroatoms. The normalized spacial score (nSPS) is 10.8. The summed E-state index contributed by atoms with van der Waals surface area (Å²) in [5, 5.41) is 11.2. The van der Waals surface area contributed by atoms with Crippen molar-refractivity contribution in [3.05, 3.63) is 72.6 Å². The molecule has 4 aromatic rings. The van der Waals surface area contributed by atoms with E-state index in [1.807, 2.05) is 53.1 Å². The van der Waals surface area contributed by atoms with Gasteiger partial charge in [-0.2, -0.15) is 0 Å². The van der Waals surface area contributed by atoms with Gasteiger partial charge in [-0.3, -0.25) is 9.20 Å². The van der Waals surface area contributed by atoms with E-state index in [9.17, 15) is 4.79 Å². The number of hydrogen-bond acceptors (Lipinski definition) is 5. The summed E-state index contributed by atoms with van der Waals surface area (Å²) in [5.41, 5.74) is 3.36. The number of anilines is 2. The molecule has 1 amide bonds. The average molecular weight is 386 g/mol. The van der Waals surface area contributed by atoms with E-state index in [1.54, 1.807) is 18.3 Å². The molecule has 2 heterocycles. The first-order chi connectivity index (χ1) is 14.2. The molecule has 29 heavy (non-hydrogen) atoms. The Labute approximate surface area is 169 Å². The lowest BCUT2D eigenvalue weighted by Crippen LogP contribution is -2.21. The van der Waals surface area contributed by atoms with E-state index < -0.39 is 0 Å². The van der Waals surface area contributed by atoms with Gasteiger partial charge in [-0.05, 0) is 56.3 Å². The van der Waals surface area contributed by atoms with Crippen molar-refractivity contribution in [1.29, 1.82) is 0 Å². The van der Waals surface area contributed by atoms with E-state index in [4.69, 9.17) is 0 Å². The second kappa shape index (κ2) is 8.10. The molecular weight excluding hydrogens is 364 g/mol. The number of fused-ring (bicyclic) bond motifs is 1. The van der Waals surface area contributed by atoms with Crippen molar-refractivity contribution in [2.45, 2.75) is 13.8 Å². The highest BCUT2D eigenvalue weighted by Crippen LogP contribution is 2.20. The molecule has 0 spiro atoms. The van der Waals surface area contributed by atoms with Crippen LogP contribution in [0.25, 0.3) is 17.2 Å². The Morgan fingerprint density at radius 3 is 2.41 bits per heavy atom. The zero-order chi connectivity index (χ0) is 20.2. The van der Waals surface area contributed by atoms with Crippen LogP contribution in [0.2, 0.25) is 0 Å². The minimum Gasteiger partial charge on any atom is -0.372 e. The summed E-state index contributed by atoms with van der Waals surface area (Å²) in [6.07, 6.45) is 3.54. The highest BCUT2D eigenvalue weighted by atomic mass is 16.1. The summed E-state index contributed by atoms with van der Waals surface area (Å²) in [7, 11) is 0. The van der Waals surface area contributed by atoms with Gasteiger partial charge in [0.1, 0.15) is 0 Å². The fourth-order valence-electron chi connectivity index (χ4n) is 3.26. The van der Waals surface area contributed by atoms with Crippen molar-refractivity contribution >= 4 is 23.1 Å². The zero-order valence-corrected chi connectivity index (χ0v) is 16.4. The first-order valence-corrected chi connectivity index (χ1v) is 9.62. The Kier molecular flexibility index (Phi) is 5.20. The Hall–Kier alpha value is -3.74. The van der Waals surface area contributed by atoms with Crippen LogP contribution in [0.3, 0.4) is 0 Å². The number of nitrogens with one attached hydrogen (secondary N) is 1. The number of aromatic nitrogens is 4. The number of hydrogen-bond donors (Lipinski definition) is 1. The molecule has 0 fully saturated rings. The molecule has 0 aliphatic heterocycles. The highest BCUT2D eigenvalue weighted by molar-refractivity contribution is 6.04. The van der Waals surface area contributed by atoms with Crippen LogP contribution in [0.1, 0.15) is 24.2 Å². The Morgan fingerprint density at radius 1 is 1.00 bits per heavy atom. The van der Waals surface area contributed by atoms with Gasteiger partial charge in [0.25, 0.3) is 11.7 Å². The zero-order valence-electron chi connectivity index (χ0n) is 16.4. The average Bonchev–Trinajstić information content (AvgIpc) is 3.20. The number of carbonyl (C=O) groups excluding carboxylic acids is 1. The maximum absolute atomic E-state index is 12.6. The second-order valence-corrected chi connectivity index (χ2v) is 6.56. The molecule has 4 rings (SSSR count). The van der Waals surface area contributed by atoms with Crippen LogP contribution in [0.4, 0.5) is 11.4 Å². The number of amides is 1. The molecule has 0 atom stereocenters. The first-order valence-electron chi connectivity index (χ1n) is 9.62. The van der Waals surface area contributed by atoms with Crippen LogP contribution in [0, 0.1) is 0 Å². The highest BCUT2D eigenvalue weighted by Gasteiger charge is 2.11. The topological polar surface area (TPSA) is 75.4 Å². The molecule has 146 valence electrons. The largest absolute Gasteiger partial charge is 0.372 e. The molecule has 0 aliphatic rings. The molecular formula is C22H22N6O. The van der Waals surface area contributed by atoms with Crippen LogP contribution in [0.5, 0.6) is 0 Å². The third-order valence-corrected chi connectivity index (χ3v) is 4.85. The van der Waals surface area contributed by atoms with Crippen LogP contribution in [-0.2, 0) is 0 Å². The lowest BCUT2D eigenvalue weighted by Gasteiger charge is -2.21. The van der Waals surface area contributed by atoms with Gasteiger partial charge >= 0.3 is 0 Å². The first kappa shape index (κ1) is 18.6. The van der Waals surface area contributed by atoms with E-state index in [-0.39, 0.29) is 5.91 Å². The SMILES string of the molecule is CCN(CC)c1ccc(NC(=O)c2ccc(-c3nnc4ncccn34)cc2)cc1. The lowest BCUT2D eigenvalue weighted by molar-refractivity contribution is 0.102. The number of nitrogens with zero attached hydrogens (tertiary/aromatic N) is 5. The van der Waals surface area contributed by atoms with Gasteiger partial charge in [0.2, 0.25) is 0 Å². The van der Waals surface area contributed by atoms with E-state index in [0.29, 0.717) is 17.2 Å². The van der Waals surface area contributed by atoms with Crippen molar-refractivity contribution in [2.24, 2.45) is 0 Å². The molecule has 0 saturated carbocycles. The van der Waals surface area contributed by atoms with E-state index in [0.717, 1.165) is 30.0 Å². The number of carbonyl (C=O) groups is 1. The van der Waals surface area contributed by atoms with Crippen molar-refractivity contribution < 1.29 is 4.79 Å². The summed E-state index contributed by atoms with van der Waals surface area (Å²) in [6, 6.07) is 17.0. The standard InChI is InChI=1S/C22H22N6O/c1-3-27(4-2)19-12-10-18(11-13-19)24-21(29)17-8-6-16(7-9-17)20-25-26-22-23-14-5-15-28(20)22/h5-15H,3-4H2,1-2H3,(H,24,29). The minimum atomic E-state index is -0.153. The van der Waals surface area contributed by atoms with Crippen molar-refractivity contribution in [2.75, 3.05) is 23.3 Å². The molecule has 7 nitrogen and oxygen atoms in total. The maximum atomic E-state index is 12.6. The van der Waals surface area contributed by atoms with Crippen molar-refractivity contribution in [3.8, 4) is 11.4 Å². The summed E-state index contributed by atoms with van der Waals surface area (Å²) in [4.78, 5) is 19.0. The van der Waals surface area contributed by atoms with Gasteiger partial charge in [-0.1, -0.05) is 12.1 Å². The predicted octanol–water partition coefficient (Wildman–Crippen LogP) is 3.89.